The second kappa shape index (κ2) is 7.71. The molecular weight excluding hydrogens is 388 g/mol. The van der Waals surface area contributed by atoms with Crippen molar-refractivity contribution >= 4 is 21.6 Å². The van der Waals surface area contributed by atoms with Crippen molar-refractivity contribution in [2.45, 2.75) is 51.8 Å². The van der Waals surface area contributed by atoms with E-state index in [1.54, 1.807) is 37.3 Å². The van der Waals surface area contributed by atoms with Gasteiger partial charge in [-0.3, -0.25) is 9.10 Å². The van der Waals surface area contributed by atoms with Crippen molar-refractivity contribution in [3.05, 3.63) is 59.7 Å². The van der Waals surface area contributed by atoms with E-state index in [0.29, 0.717) is 12.1 Å². The molecule has 6 nitrogen and oxygen atoms in total. The van der Waals surface area contributed by atoms with Crippen LogP contribution in [-0.4, -0.2) is 32.2 Å². The summed E-state index contributed by atoms with van der Waals surface area (Å²) in [5.41, 5.74) is 2.00. The summed E-state index contributed by atoms with van der Waals surface area (Å²) in [6.45, 7) is 7.55. The largest absolute Gasteiger partial charge is 0.487 e. The molecule has 1 aliphatic rings. The van der Waals surface area contributed by atoms with Gasteiger partial charge >= 0.3 is 0 Å². The number of para-hydroxylation sites is 1. The van der Waals surface area contributed by atoms with Crippen LogP contribution in [0.1, 0.15) is 44.4 Å². The van der Waals surface area contributed by atoms with Crippen LogP contribution in [0.25, 0.3) is 0 Å². The SMILES string of the molecule is Cc1ccc2c(c1)[C@@H](NC(=O)[C@@H](C)N(c1ccccc1)S(C)(=O)=O)CC(C)(C)O2. The number of hydrogen-bond acceptors (Lipinski definition) is 4. The molecule has 0 aliphatic carbocycles. The van der Waals surface area contributed by atoms with Gasteiger partial charge in [-0.15, -0.1) is 0 Å². The Morgan fingerprint density at radius 3 is 2.48 bits per heavy atom. The maximum atomic E-state index is 13.1. The Balaban J connectivity index is 1.90. The molecule has 2 aromatic rings. The van der Waals surface area contributed by atoms with E-state index in [1.807, 2.05) is 39.0 Å². The molecule has 1 aliphatic heterocycles. The summed E-state index contributed by atoms with van der Waals surface area (Å²) in [6.07, 6.45) is 1.70. The molecule has 0 fully saturated rings. The fourth-order valence-electron chi connectivity index (χ4n) is 3.78. The fourth-order valence-corrected chi connectivity index (χ4v) is 4.95. The number of aryl methyl sites for hydroxylation is 1. The van der Waals surface area contributed by atoms with Crippen molar-refractivity contribution in [3.8, 4) is 5.75 Å². The summed E-state index contributed by atoms with van der Waals surface area (Å²) in [7, 11) is -3.65. The predicted molar refractivity (Wildman–Crippen MR) is 115 cm³/mol. The minimum Gasteiger partial charge on any atom is -0.487 e. The summed E-state index contributed by atoms with van der Waals surface area (Å²) < 4.78 is 32.1. The molecule has 1 N–H and O–H groups in total. The molecule has 2 atom stereocenters. The molecule has 0 saturated carbocycles. The molecule has 156 valence electrons. The molecule has 2 aromatic carbocycles. The van der Waals surface area contributed by atoms with Gasteiger partial charge in [-0.2, -0.15) is 0 Å². The normalized spacial score (nSPS) is 18.9. The van der Waals surface area contributed by atoms with Gasteiger partial charge in [-0.1, -0.05) is 35.9 Å². The minimum atomic E-state index is -3.65. The average Bonchev–Trinajstić information content (AvgIpc) is 2.61. The van der Waals surface area contributed by atoms with E-state index in [0.717, 1.165) is 27.4 Å². The Morgan fingerprint density at radius 2 is 1.86 bits per heavy atom. The highest BCUT2D eigenvalue weighted by molar-refractivity contribution is 7.92. The molecule has 29 heavy (non-hydrogen) atoms. The number of anilines is 1. The summed E-state index contributed by atoms with van der Waals surface area (Å²) >= 11 is 0. The van der Waals surface area contributed by atoms with Gasteiger partial charge in [0.15, 0.2) is 0 Å². The maximum absolute atomic E-state index is 13.1. The van der Waals surface area contributed by atoms with E-state index in [4.69, 9.17) is 4.74 Å². The van der Waals surface area contributed by atoms with Gasteiger partial charge in [-0.25, -0.2) is 8.42 Å². The fraction of sp³-hybridized carbons (Fsp3) is 0.409. The molecule has 0 unspecified atom stereocenters. The number of amides is 1. The molecule has 0 spiro atoms. The minimum absolute atomic E-state index is 0.263. The number of rotatable bonds is 5. The highest BCUT2D eigenvalue weighted by Crippen LogP contribution is 2.40. The zero-order valence-electron chi connectivity index (χ0n) is 17.5. The number of hydrogen-bond donors (Lipinski definition) is 1. The van der Waals surface area contributed by atoms with Crippen LogP contribution in [0.15, 0.2) is 48.5 Å². The van der Waals surface area contributed by atoms with Crippen molar-refractivity contribution in [3.63, 3.8) is 0 Å². The molecule has 0 radical (unpaired) electrons. The Hall–Kier alpha value is -2.54. The average molecular weight is 417 g/mol. The number of nitrogens with zero attached hydrogens (tertiary/aromatic N) is 1. The van der Waals surface area contributed by atoms with Crippen LogP contribution in [-0.2, 0) is 14.8 Å². The van der Waals surface area contributed by atoms with Crippen LogP contribution < -0.4 is 14.4 Å². The van der Waals surface area contributed by atoms with Crippen molar-refractivity contribution in [2.75, 3.05) is 10.6 Å². The summed E-state index contributed by atoms with van der Waals surface area (Å²) in [6, 6.07) is 13.4. The smallest absolute Gasteiger partial charge is 0.244 e. The van der Waals surface area contributed by atoms with Gasteiger partial charge < -0.3 is 10.1 Å². The second-order valence-electron chi connectivity index (χ2n) is 8.24. The van der Waals surface area contributed by atoms with Gasteiger partial charge in [0.05, 0.1) is 18.0 Å². The van der Waals surface area contributed by atoms with Crippen LogP contribution in [0.4, 0.5) is 5.69 Å². The van der Waals surface area contributed by atoms with Crippen LogP contribution in [0, 0.1) is 6.92 Å². The zero-order chi connectivity index (χ0) is 21.4. The lowest BCUT2D eigenvalue weighted by Gasteiger charge is -2.39. The number of sulfonamides is 1. The molecule has 1 amide bonds. The number of nitrogens with one attached hydrogen (secondary N) is 1. The van der Waals surface area contributed by atoms with E-state index < -0.39 is 21.7 Å². The maximum Gasteiger partial charge on any atom is 0.244 e. The van der Waals surface area contributed by atoms with Crippen LogP contribution in [0.3, 0.4) is 0 Å². The first kappa shape index (κ1) is 21.2. The molecule has 0 aromatic heterocycles. The molecule has 0 bridgehead atoms. The van der Waals surface area contributed by atoms with Crippen LogP contribution >= 0.6 is 0 Å². The number of fused-ring (bicyclic) bond motifs is 1. The Morgan fingerprint density at radius 1 is 1.21 bits per heavy atom. The number of carbonyl (C=O) groups is 1. The lowest BCUT2D eigenvalue weighted by molar-refractivity contribution is -0.123. The number of benzene rings is 2. The molecule has 3 rings (SSSR count). The second-order valence-corrected chi connectivity index (χ2v) is 10.1. The van der Waals surface area contributed by atoms with E-state index in [2.05, 4.69) is 5.32 Å². The quantitative estimate of drug-likeness (QED) is 0.809. The number of ether oxygens (including phenoxy) is 1. The highest BCUT2D eigenvalue weighted by atomic mass is 32.2. The predicted octanol–water partition coefficient (Wildman–Crippen LogP) is 3.57. The van der Waals surface area contributed by atoms with E-state index in [1.165, 1.54) is 0 Å². The lowest BCUT2D eigenvalue weighted by atomic mass is 9.89. The third-order valence-corrected chi connectivity index (χ3v) is 6.28. The topological polar surface area (TPSA) is 75.7 Å². The highest BCUT2D eigenvalue weighted by Gasteiger charge is 2.37. The van der Waals surface area contributed by atoms with Gasteiger partial charge in [0.1, 0.15) is 17.4 Å². The monoisotopic (exact) mass is 416 g/mol. The first-order valence-electron chi connectivity index (χ1n) is 9.62. The van der Waals surface area contributed by atoms with E-state index in [9.17, 15) is 13.2 Å². The van der Waals surface area contributed by atoms with E-state index in [-0.39, 0.29) is 11.9 Å². The van der Waals surface area contributed by atoms with Crippen molar-refractivity contribution in [2.24, 2.45) is 0 Å². The van der Waals surface area contributed by atoms with Gasteiger partial charge in [0, 0.05) is 12.0 Å². The first-order valence-corrected chi connectivity index (χ1v) is 11.5. The van der Waals surface area contributed by atoms with Gasteiger partial charge in [0.2, 0.25) is 15.9 Å². The Labute approximate surface area is 172 Å². The molecule has 7 heteroatoms. The Bertz CT molecular complexity index is 1000. The molecule has 1 heterocycles. The lowest BCUT2D eigenvalue weighted by Crippen LogP contribution is -2.50. The third-order valence-electron chi connectivity index (χ3n) is 5.04. The molecule has 0 saturated heterocycles. The van der Waals surface area contributed by atoms with Crippen molar-refractivity contribution in [1.29, 1.82) is 0 Å². The third kappa shape index (κ3) is 4.72. The van der Waals surface area contributed by atoms with Gasteiger partial charge in [0.25, 0.3) is 0 Å². The van der Waals surface area contributed by atoms with E-state index >= 15 is 0 Å². The number of carbonyl (C=O) groups excluding carboxylic acids is 1. The van der Waals surface area contributed by atoms with Crippen LogP contribution in [0.2, 0.25) is 0 Å². The summed E-state index contributed by atoms with van der Waals surface area (Å²) in [5, 5.41) is 3.05. The standard InChI is InChI=1S/C22H28N2O4S/c1-15-11-12-20-18(13-15)19(14-22(3,4)28-20)23-21(25)16(2)24(29(5,26)27)17-9-7-6-8-10-17/h6-13,16,19H,14H2,1-5H3,(H,23,25)/t16-,19+/m1/s1. The summed E-state index contributed by atoms with van der Waals surface area (Å²) in [5.74, 6) is 0.391. The summed E-state index contributed by atoms with van der Waals surface area (Å²) in [4.78, 5) is 13.1. The molecular formula is C22H28N2O4S. The zero-order valence-corrected chi connectivity index (χ0v) is 18.3. The van der Waals surface area contributed by atoms with Crippen LogP contribution in [0.5, 0.6) is 5.75 Å². The first-order chi connectivity index (χ1) is 13.5. The van der Waals surface area contributed by atoms with Crippen molar-refractivity contribution in [1.82, 2.24) is 5.32 Å². The van der Waals surface area contributed by atoms with Crippen molar-refractivity contribution < 1.29 is 17.9 Å². The van der Waals surface area contributed by atoms with Gasteiger partial charge in [-0.05, 0) is 45.9 Å². The Kier molecular flexibility index (Phi) is 5.63.